The zero-order valence-corrected chi connectivity index (χ0v) is 16.0. The average Bonchev–Trinajstić information content (AvgIpc) is 2.74. The van der Waals surface area contributed by atoms with E-state index >= 15 is 0 Å². The number of ketones is 1. The van der Waals surface area contributed by atoms with Gasteiger partial charge in [0, 0.05) is 31.2 Å². The van der Waals surface area contributed by atoms with Gasteiger partial charge in [-0.05, 0) is 31.4 Å². The number of aromatic nitrogens is 2. The highest BCUT2D eigenvalue weighted by Crippen LogP contribution is 2.26. The number of benzene rings is 1. The fraction of sp³-hybridized carbons (Fsp3) is 0.500. The third-order valence-corrected chi connectivity index (χ3v) is 5.92. The third kappa shape index (κ3) is 3.94. The second-order valence-corrected chi connectivity index (χ2v) is 7.74. The van der Waals surface area contributed by atoms with E-state index in [4.69, 9.17) is 0 Å². The summed E-state index contributed by atoms with van der Waals surface area (Å²) in [6, 6.07) is 12.4. The SMILES string of the molecule is Cc1cc(-c2ccccc2)nnc1C(=O)C1CNCCN1C1CCCCC1. The molecule has 1 saturated carbocycles. The second kappa shape index (κ2) is 8.28. The van der Waals surface area contributed by atoms with Crippen molar-refractivity contribution in [1.29, 1.82) is 0 Å². The zero-order chi connectivity index (χ0) is 18.6. The standard InChI is InChI=1S/C22H28N4O/c1-16-14-19(17-8-4-2-5-9-17)24-25-21(16)22(27)20-15-23-12-13-26(20)18-10-6-3-7-11-18/h2,4-5,8-9,14,18,20,23H,3,6-7,10-13,15H2,1H3. The predicted octanol–water partition coefficient (Wildman–Crippen LogP) is 3.24. The molecule has 0 radical (unpaired) electrons. The number of Topliss-reactive ketones (excluding diaryl/α,β-unsaturated/α-hetero) is 1. The zero-order valence-electron chi connectivity index (χ0n) is 16.0. The molecule has 4 rings (SSSR count). The highest BCUT2D eigenvalue weighted by molar-refractivity contribution is 6.00. The Balaban J connectivity index is 1.57. The lowest BCUT2D eigenvalue weighted by Gasteiger charge is -2.42. The minimum absolute atomic E-state index is 0.109. The molecule has 1 aromatic heterocycles. The molecule has 2 aliphatic rings. The van der Waals surface area contributed by atoms with E-state index in [-0.39, 0.29) is 11.8 Å². The number of hydrogen-bond acceptors (Lipinski definition) is 5. The Morgan fingerprint density at radius 3 is 2.63 bits per heavy atom. The van der Waals surface area contributed by atoms with Crippen LogP contribution in [-0.2, 0) is 0 Å². The number of carbonyl (C=O) groups is 1. The molecule has 5 nitrogen and oxygen atoms in total. The molecule has 1 saturated heterocycles. The molecule has 1 aromatic carbocycles. The molecular formula is C22H28N4O. The first kappa shape index (κ1) is 18.3. The highest BCUT2D eigenvalue weighted by Gasteiger charge is 2.35. The maximum Gasteiger partial charge on any atom is 0.201 e. The Kier molecular flexibility index (Phi) is 5.60. The summed E-state index contributed by atoms with van der Waals surface area (Å²) in [5.74, 6) is 0.109. The first-order valence-corrected chi connectivity index (χ1v) is 10.1. The van der Waals surface area contributed by atoms with Crippen LogP contribution >= 0.6 is 0 Å². The van der Waals surface area contributed by atoms with Crippen molar-refractivity contribution in [3.8, 4) is 11.3 Å². The fourth-order valence-electron chi connectivity index (χ4n) is 4.45. The quantitative estimate of drug-likeness (QED) is 0.844. The van der Waals surface area contributed by atoms with Gasteiger partial charge >= 0.3 is 0 Å². The van der Waals surface area contributed by atoms with Crippen LogP contribution in [0, 0.1) is 6.92 Å². The van der Waals surface area contributed by atoms with Gasteiger partial charge in [-0.2, -0.15) is 0 Å². The van der Waals surface area contributed by atoms with Gasteiger partial charge < -0.3 is 5.32 Å². The van der Waals surface area contributed by atoms with E-state index in [0.717, 1.165) is 29.9 Å². The Morgan fingerprint density at radius 2 is 1.89 bits per heavy atom. The number of carbonyl (C=O) groups excluding carboxylic acids is 1. The number of nitrogens with zero attached hydrogens (tertiary/aromatic N) is 3. The van der Waals surface area contributed by atoms with Gasteiger partial charge in [-0.3, -0.25) is 9.69 Å². The summed E-state index contributed by atoms with van der Waals surface area (Å²) >= 11 is 0. The Bertz CT molecular complexity index is 786. The van der Waals surface area contributed by atoms with Crippen molar-refractivity contribution in [2.24, 2.45) is 0 Å². The van der Waals surface area contributed by atoms with Crippen LogP contribution < -0.4 is 5.32 Å². The van der Waals surface area contributed by atoms with Gasteiger partial charge in [0.1, 0.15) is 5.69 Å². The van der Waals surface area contributed by atoms with Gasteiger partial charge in [-0.1, -0.05) is 49.6 Å². The van der Waals surface area contributed by atoms with Gasteiger partial charge in [0.2, 0.25) is 5.78 Å². The molecule has 0 bridgehead atoms. The van der Waals surface area contributed by atoms with Crippen molar-refractivity contribution in [2.75, 3.05) is 19.6 Å². The Morgan fingerprint density at radius 1 is 1.11 bits per heavy atom. The van der Waals surface area contributed by atoms with Gasteiger partial charge in [0.15, 0.2) is 0 Å². The van der Waals surface area contributed by atoms with E-state index in [1.807, 2.05) is 43.3 Å². The average molecular weight is 364 g/mol. The number of hydrogen-bond donors (Lipinski definition) is 1. The molecule has 1 aliphatic carbocycles. The maximum atomic E-state index is 13.3. The summed E-state index contributed by atoms with van der Waals surface area (Å²) in [7, 11) is 0. The van der Waals surface area contributed by atoms with Crippen molar-refractivity contribution < 1.29 is 4.79 Å². The van der Waals surface area contributed by atoms with Crippen LogP contribution in [0.2, 0.25) is 0 Å². The van der Waals surface area contributed by atoms with Gasteiger partial charge in [0.25, 0.3) is 0 Å². The summed E-state index contributed by atoms with van der Waals surface area (Å²) in [5, 5.41) is 12.1. The summed E-state index contributed by atoms with van der Waals surface area (Å²) < 4.78 is 0. The fourth-order valence-corrected chi connectivity index (χ4v) is 4.45. The molecule has 0 spiro atoms. The van der Waals surface area contributed by atoms with Crippen LogP contribution in [0.4, 0.5) is 0 Å². The molecule has 1 aliphatic heterocycles. The van der Waals surface area contributed by atoms with Gasteiger partial charge in [0.05, 0.1) is 11.7 Å². The van der Waals surface area contributed by atoms with E-state index in [1.54, 1.807) is 0 Å². The minimum atomic E-state index is -0.127. The molecule has 1 unspecified atom stereocenters. The number of piperazine rings is 1. The molecule has 0 amide bonds. The third-order valence-electron chi connectivity index (χ3n) is 5.92. The van der Waals surface area contributed by atoms with Crippen LogP contribution in [0.3, 0.4) is 0 Å². The largest absolute Gasteiger partial charge is 0.313 e. The molecule has 2 fully saturated rings. The van der Waals surface area contributed by atoms with E-state index in [2.05, 4.69) is 20.4 Å². The van der Waals surface area contributed by atoms with Gasteiger partial charge in [-0.25, -0.2) is 0 Å². The lowest BCUT2D eigenvalue weighted by atomic mass is 9.91. The van der Waals surface area contributed by atoms with Crippen LogP contribution in [-0.4, -0.2) is 52.6 Å². The first-order chi connectivity index (χ1) is 13.2. The lowest BCUT2D eigenvalue weighted by molar-refractivity contribution is 0.0575. The lowest BCUT2D eigenvalue weighted by Crippen LogP contribution is -2.58. The smallest absolute Gasteiger partial charge is 0.201 e. The summed E-state index contributed by atoms with van der Waals surface area (Å²) in [6.45, 7) is 4.57. The maximum absolute atomic E-state index is 13.3. The summed E-state index contributed by atoms with van der Waals surface area (Å²) in [4.78, 5) is 15.8. The number of aryl methyl sites for hydroxylation is 1. The first-order valence-electron chi connectivity index (χ1n) is 10.1. The Hall–Kier alpha value is -2.11. The number of nitrogens with one attached hydrogen (secondary N) is 1. The van der Waals surface area contributed by atoms with Crippen LogP contribution in [0.5, 0.6) is 0 Å². The topological polar surface area (TPSA) is 58.1 Å². The van der Waals surface area contributed by atoms with E-state index in [9.17, 15) is 4.79 Å². The number of rotatable bonds is 4. The monoisotopic (exact) mass is 364 g/mol. The molecule has 2 heterocycles. The molecule has 1 atom stereocenters. The highest BCUT2D eigenvalue weighted by atomic mass is 16.1. The summed E-state index contributed by atoms with van der Waals surface area (Å²) in [6.07, 6.45) is 6.30. The van der Waals surface area contributed by atoms with Crippen molar-refractivity contribution >= 4 is 5.78 Å². The van der Waals surface area contributed by atoms with Crippen molar-refractivity contribution in [3.05, 3.63) is 47.7 Å². The molecule has 1 N–H and O–H groups in total. The summed E-state index contributed by atoms with van der Waals surface area (Å²) in [5.41, 5.74) is 3.26. The van der Waals surface area contributed by atoms with E-state index in [0.29, 0.717) is 18.3 Å². The van der Waals surface area contributed by atoms with Crippen molar-refractivity contribution in [1.82, 2.24) is 20.4 Å². The predicted molar refractivity (Wildman–Crippen MR) is 107 cm³/mol. The van der Waals surface area contributed by atoms with Crippen molar-refractivity contribution in [2.45, 2.75) is 51.1 Å². The molecular weight excluding hydrogens is 336 g/mol. The molecule has 5 heteroatoms. The molecule has 142 valence electrons. The second-order valence-electron chi connectivity index (χ2n) is 7.74. The van der Waals surface area contributed by atoms with Crippen LogP contribution in [0.15, 0.2) is 36.4 Å². The Labute approximate surface area is 161 Å². The normalized spacial score (nSPS) is 21.9. The molecule has 2 aromatic rings. The van der Waals surface area contributed by atoms with E-state index < -0.39 is 0 Å². The van der Waals surface area contributed by atoms with Crippen LogP contribution in [0.25, 0.3) is 11.3 Å². The minimum Gasteiger partial charge on any atom is -0.313 e. The van der Waals surface area contributed by atoms with Crippen LogP contribution in [0.1, 0.15) is 48.2 Å². The van der Waals surface area contributed by atoms with Gasteiger partial charge in [-0.15, -0.1) is 10.2 Å². The molecule has 27 heavy (non-hydrogen) atoms. The van der Waals surface area contributed by atoms with Crippen molar-refractivity contribution in [3.63, 3.8) is 0 Å². The van der Waals surface area contributed by atoms with E-state index in [1.165, 1.54) is 32.1 Å².